The van der Waals surface area contributed by atoms with Crippen LogP contribution in [-0.4, -0.2) is 25.5 Å². The van der Waals surface area contributed by atoms with Crippen LogP contribution < -0.4 is 4.72 Å². The average Bonchev–Trinajstić information content (AvgIpc) is 2.44. The third-order valence-corrected chi connectivity index (χ3v) is 4.37. The van der Waals surface area contributed by atoms with Gasteiger partial charge in [-0.2, -0.15) is 23.2 Å². The summed E-state index contributed by atoms with van der Waals surface area (Å²) in [5.74, 6) is -1.40. The Bertz CT molecular complexity index is 739. The van der Waals surface area contributed by atoms with Gasteiger partial charge in [0.25, 0.3) is 0 Å². The number of nitrogens with zero attached hydrogens (tertiary/aromatic N) is 1. The van der Waals surface area contributed by atoms with Gasteiger partial charge in [0.1, 0.15) is 6.04 Å². The summed E-state index contributed by atoms with van der Waals surface area (Å²) in [5.41, 5.74) is -2.12. The molecule has 2 N–H and O–H groups in total. The molecule has 10 heteroatoms. The summed E-state index contributed by atoms with van der Waals surface area (Å²) in [5, 5.41) is 17.7. The summed E-state index contributed by atoms with van der Waals surface area (Å²) < 4.78 is 64.1. The van der Waals surface area contributed by atoms with E-state index in [0.29, 0.717) is 24.6 Å². The molecule has 1 unspecified atom stereocenters. The van der Waals surface area contributed by atoms with Gasteiger partial charge in [0, 0.05) is 0 Å². The van der Waals surface area contributed by atoms with Gasteiger partial charge in [-0.1, -0.05) is 13.3 Å². The second kappa shape index (κ2) is 6.97. The maximum Gasteiger partial charge on any atom is 0.417 e. The van der Waals surface area contributed by atoms with E-state index < -0.39 is 44.2 Å². The Morgan fingerprint density at radius 2 is 2.04 bits per heavy atom. The van der Waals surface area contributed by atoms with Gasteiger partial charge in [-0.25, -0.2) is 8.42 Å². The molecule has 0 fully saturated rings. The van der Waals surface area contributed by atoms with Crippen LogP contribution in [0.2, 0.25) is 0 Å². The number of halogens is 3. The van der Waals surface area contributed by atoms with Crippen molar-refractivity contribution in [1.82, 2.24) is 4.72 Å². The number of benzene rings is 1. The molecule has 6 nitrogen and oxygen atoms in total. The number of nitriles is 1. The Morgan fingerprint density at radius 3 is 2.48 bits per heavy atom. The van der Waals surface area contributed by atoms with E-state index >= 15 is 0 Å². The first-order valence-corrected chi connectivity index (χ1v) is 7.87. The molecule has 1 rings (SSSR count). The maximum absolute atomic E-state index is 12.7. The van der Waals surface area contributed by atoms with Gasteiger partial charge in [0.05, 0.1) is 22.1 Å². The van der Waals surface area contributed by atoms with Crippen molar-refractivity contribution in [3.05, 3.63) is 29.3 Å². The van der Waals surface area contributed by atoms with E-state index in [-0.39, 0.29) is 6.42 Å². The van der Waals surface area contributed by atoms with Gasteiger partial charge in [-0.3, -0.25) is 4.79 Å². The van der Waals surface area contributed by atoms with E-state index in [1.807, 2.05) is 4.72 Å². The first kappa shape index (κ1) is 18.9. The van der Waals surface area contributed by atoms with Crippen LogP contribution in [0.5, 0.6) is 0 Å². The molecule has 0 saturated heterocycles. The zero-order chi connectivity index (χ0) is 17.8. The highest BCUT2D eigenvalue weighted by atomic mass is 32.2. The van der Waals surface area contributed by atoms with Gasteiger partial charge in [0.15, 0.2) is 0 Å². The van der Waals surface area contributed by atoms with Gasteiger partial charge < -0.3 is 5.11 Å². The lowest BCUT2D eigenvalue weighted by Gasteiger charge is -2.15. The van der Waals surface area contributed by atoms with E-state index in [0.717, 1.165) is 0 Å². The van der Waals surface area contributed by atoms with Crippen molar-refractivity contribution in [2.75, 3.05) is 0 Å². The first-order chi connectivity index (χ1) is 10.5. The largest absolute Gasteiger partial charge is 0.480 e. The third-order valence-electron chi connectivity index (χ3n) is 2.90. The number of hydrogen-bond donors (Lipinski definition) is 2. The Hall–Kier alpha value is -2.12. The van der Waals surface area contributed by atoms with Crippen LogP contribution in [0, 0.1) is 11.3 Å². The van der Waals surface area contributed by atoms with Crippen molar-refractivity contribution >= 4 is 16.0 Å². The smallest absolute Gasteiger partial charge is 0.417 e. The fraction of sp³-hybridized carbons (Fsp3) is 0.385. The molecule has 0 spiro atoms. The number of carbonyl (C=O) groups is 1. The summed E-state index contributed by atoms with van der Waals surface area (Å²) in [6.45, 7) is 1.65. The molecule has 0 bridgehead atoms. The van der Waals surface area contributed by atoms with Crippen LogP contribution in [0.25, 0.3) is 0 Å². The van der Waals surface area contributed by atoms with Crippen LogP contribution in [0.1, 0.15) is 30.9 Å². The highest BCUT2D eigenvalue weighted by Crippen LogP contribution is 2.32. The van der Waals surface area contributed by atoms with Gasteiger partial charge in [-0.15, -0.1) is 0 Å². The monoisotopic (exact) mass is 350 g/mol. The zero-order valence-electron chi connectivity index (χ0n) is 11.9. The summed E-state index contributed by atoms with van der Waals surface area (Å²) >= 11 is 0. The molecule has 0 amide bonds. The molecule has 1 atom stereocenters. The molecular weight excluding hydrogens is 337 g/mol. The molecule has 0 aliphatic heterocycles. The van der Waals surface area contributed by atoms with Crippen LogP contribution in [-0.2, 0) is 21.0 Å². The molecule has 0 aliphatic carbocycles. The molecule has 0 saturated carbocycles. The molecule has 0 radical (unpaired) electrons. The van der Waals surface area contributed by atoms with Crippen LogP contribution in [0.4, 0.5) is 13.2 Å². The van der Waals surface area contributed by atoms with Crippen molar-refractivity contribution in [2.45, 2.75) is 36.9 Å². The maximum atomic E-state index is 12.7. The molecule has 0 aliphatic rings. The molecule has 23 heavy (non-hydrogen) atoms. The van der Waals surface area contributed by atoms with E-state index in [1.165, 1.54) is 6.07 Å². The fourth-order valence-corrected chi connectivity index (χ4v) is 3.06. The highest BCUT2D eigenvalue weighted by Gasteiger charge is 2.34. The quantitative estimate of drug-likeness (QED) is 0.817. The average molecular weight is 350 g/mol. The lowest BCUT2D eigenvalue weighted by atomic mass is 10.1. The molecule has 1 aromatic rings. The van der Waals surface area contributed by atoms with Crippen molar-refractivity contribution in [3.8, 4) is 6.07 Å². The normalized spacial score (nSPS) is 13.3. The van der Waals surface area contributed by atoms with Crippen molar-refractivity contribution in [1.29, 1.82) is 5.26 Å². The third kappa shape index (κ3) is 4.67. The highest BCUT2D eigenvalue weighted by molar-refractivity contribution is 7.89. The minimum absolute atomic E-state index is 0.0142. The van der Waals surface area contributed by atoms with Crippen LogP contribution in [0.15, 0.2) is 23.1 Å². The van der Waals surface area contributed by atoms with E-state index in [9.17, 15) is 26.4 Å². The van der Waals surface area contributed by atoms with Crippen LogP contribution >= 0.6 is 0 Å². The van der Waals surface area contributed by atoms with E-state index in [2.05, 4.69) is 0 Å². The minimum atomic E-state index is -4.80. The SMILES string of the molecule is CCCC(NS(=O)(=O)c1ccc(C(F)(F)F)c(C#N)c1)C(=O)O. The van der Waals surface area contributed by atoms with E-state index in [1.54, 1.807) is 6.92 Å². The summed E-state index contributed by atoms with van der Waals surface area (Å²) in [6.07, 6.45) is -4.40. The van der Waals surface area contributed by atoms with Gasteiger partial charge in [0.2, 0.25) is 10.0 Å². The number of alkyl halides is 3. The predicted octanol–water partition coefficient (Wildman–Crippen LogP) is 2.11. The minimum Gasteiger partial charge on any atom is -0.480 e. The lowest BCUT2D eigenvalue weighted by Crippen LogP contribution is -2.40. The Labute approximate surface area is 130 Å². The standard InChI is InChI=1S/C13H13F3N2O4S/c1-2-3-11(12(19)20)18-23(21,22)9-4-5-10(13(14,15)16)8(6-9)7-17/h4-6,11,18H,2-3H2,1H3,(H,19,20). The number of sulfonamides is 1. The topological polar surface area (TPSA) is 107 Å². The first-order valence-electron chi connectivity index (χ1n) is 6.39. The van der Waals surface area contributed by atoms with E-state index in [4.69, 9.17) is 10.4 Å². The van der Waals surface area contributed by atoms with Crippen molar-refractivity contribution in [2.24, 2.45) is 0 Å². The predicted molar refractivity (Wildman–Crippen MR) is 72.8 cm³/mol. The Balaban J connectivity index is 3.25. The van der Waals surface area contributed by atoms with Crippen LogP contribution in [0.3, 0.4) is 0 Å². The summed E-state index contributed by atoms with van der Waals surface area (Å²) in [7, 11) is -4.37. The number of hydrogen-bond acceptors (Lipinski definition) is 4. The Morgan fingerprint density at radius 1 is 1.43 bits per heavy atom. The summed E-state index contributed by atoms with van der Waals surface area (Å²) in [4.78, 5) is 10.4. The number of nitrogens with one attached hydrogen (secondary N) is 1. The second-order valence-electron chi connectivity index (χ2n) is 4.62. The van der Waals surface area contributed by atoms with Gasteiger partial charge >= 0.3 is 12.1 Å². The van der Waals surface area contributed by atoms with Crippen molar-refractivity contribution in [3.63, 3.8) is 0 Å². The van der Waals surface area contributed by atoms with Crippen molar-refractivity contribution < 1.29 is 31.5 Å². The molecular formula is C13H13F3N2O4S. The molecule has 126 valence electrons. The molecule has 0 heterocycles. The number of rotatable bonds is 6. The summed E-state index contributed by atoms with van der Waals surface area (Å²) in [6, 6.07) is 1.60. The number of aliphatic carboxylic acids is 1. The second-order valence-corrected chi connectivity index (χ2v) is 6.33. The molecule has 0 aromatic heterocycles. The zero-order valence-corrected chi connectivity index (χ0v) is 12.7. The molecule has 1 aromatic carbocycles. The Kier molecular flexibility index (Phi) is 5.74. The fourth-order valence-electron chi connectivity index (χ4n) is 1.81. The number of carboxylic acid groups (broad SMARTS) is 1. The lowest BCUT2D eigenvalue weighted by molar-refractivity contribution is -0.139. The van der Waals surface area contributed by atoms with Gasteiger partial charge in [-0.05, 0) is 24.6 Å². The number of carboxylic acids is 1.